The molecule has 4 nitrogen and oxygen atoms in total. The molecule has 0 aliphatic carbocycles. The molecule has 0 fully saturated rings. The maximum Gasteiger partial charge on any atom is 0.353 e. The summed E-state index contributed by atoms with van der Waals surface area (Å²) in [7, 11) is 1.58. The number of carboxylic acid groups (broad SMARTS) is 1. The summed E-state index contributed by atoms with van der Waals surface area (Å²) in [5.41, 5.74) is 0.936. The standard InChI is InChI=1S/C11H9NO3S2/c1-15-7-4-2-6(3-5-7)9-8(10(13)14)12-11(16)17-9/h2-5H,1H3,(H,12,16)(H,13,14). The van der Waals surface area contributed by atoms with Crippen molar-refractivity contribution >= 4 is 29.5 Å². The highest BCUT2D eigenvalue weighted by Crippen LogP contribution is 2.30. The molecule has 0 aliphatic heterocycles. The summed E-state index contributed by atoms with van der Waals surface area (Å²) in [6.07, 6.45) is 0. The molecule has 0 saturated heterocycles. The summed E-state index contributed by atoms with van der Waals surface area (Å²) in [6.45, 7) is 0. The van der Waals surface area contributed by atoms with Crippen LogP contribution in [0.25, 0.3) is 10.4 Å². The van der Waals surface area contributed by atoms with Crippen LogP contribution >= 0.6 is 23.6 Å². The van der Waals surface area contributed by atoms with Gasteiger partial charge in [-0.25, -0.2) is 4.79 Å². The van der Waals surface area contributed by atoms with E-state index in [2.05, 4.69) is 4.98 Å². The van der Waals surface area contributed by atoms with E-state index >= 15 is 0 Å². The van der Waals surface area contributed by atoms with Crippen LogP contribution in [0.1, 0.15) is 10.5 Å². The number of thiazole rings is 1. The van der Waals surface area contributed by atoms with Gasteiger partial charge >= 0.3 is 5.97 Å². The maximum atomic E-state index is 11.0. The molecule has 0 unspecified atom stereocenters. The maximum absolute atomic E-state index is 11.0. The first-order valence-electron chi connectivity index (χ1n) is 4.72. The lowest BCUT2D eigenvalue weighted by Gasteiger charge is -2.02. The van der Waals surface area contributed by atoms with Gasteiger partial charge in [-0.3, -0.25) is 0 Å². The monoisotopic (exact) mass is 267 g/mol. The Morgan fingerprint density at radius 2 is 2.06 bits per heavy atom. The van der Waals surface area contributed by atoms with Gasteiger partial charge in [-0.15, -0.1) is 11.3 Å². The number of rotatable bonds is 3. The zero-order chi connectivity index (χ0) is 12.4. The Kier molecular flexibility index (Phi) is 3.26. The van der Waals surface area contributed by atoms with Gasteiger partial charge in [-0.1, -0.05) is 0 Å². The molecular formula is C11H9NO3S2. The minimum Gasteiger partial charge on any atom is -0.497 e. The van der Waals surface area contributed by atoms with E-state index < -0.39 is 5.97 Å². The number of carboxylic acids is 1. The molecule has 2 N–H and O–H groups in total. The molecule has 0 spiro atoms. The zero-order valence-electron chi connectivity index (χ0n) is 8.89. The van der Waals surface area contributed by atoms with Crippen LogP contribution < -0.4 is 4.74 Å². The minimum absolute atomic E-state index is 0.130. The van der Waals surface area contributed by atoms with Gasteiger partial charge in [-0.05, 0) is 42.0 Å². The Bertz CT molecular complexity index is 598. The zero-order valence-corrected chi connectivity index (χ0v) is 10.5. The van der Waals surface area contributed by atoms with Crippen molar-refractivity contribution in [3.8, 4) is 16.2 Å². The van der Waals surface area contributed by atoms with Crippen LogP contribution in [0.15, 0.2) is 24.3 Å². The van der Waals surface area contributed by atoms with Crippen molar-refractivity contribution in [2.75, 3.05) is 7.11 Å². The fraction of sp³-hybridized carbons (Fsp3) is 0.0909. The van der Waals surface area contributed by atoms with Gasteiger partial charge in [0.25, 0.3) is 0 Å². The van der Waals surface area contributed by atoms with Gasteiger partial charge in [-0.2, -0.15) is 0 Å². The number of hydrogen-bond acceptors (Lipinski definition) is 4. The number of methoxy groups -OCH3 is 1. The van der Waals surface area contributed by atoms with E-state index in [-0.39, 0.29) is 5.69 Å². The molecule has 6 heteroatoms. The number of ether oxygens (including phenoxy) is 1. The number of aromatic carboxylic acids is 1. The smallest absolute Gasteiger partial charge is 0.353 e. The number of H-pyrrole nitrogens is 1. The van der Waals surface area contributed by atoms with Gasteiger partial charge in [0, 0.05) is 0 Å². The Hall–Kier alpha value is -1.66. The molecule has 0 saturated carbocycles. The van der Waals surface area contributed by atoms with Crippen molar-refractivity contribution in [3.05, 3.63) is 33.9 Å². The van der Waals surface area contributed by atoms with Gasteiger partial charge < -0.3 is 14.8 Å². The molecule has 17 heavy (non-hydrogen) atoms. The van der Waals surface area contributed by atoms with Crippen molar-refractivity contribution in [2.24, 2.45) is 0 Å². The molecule has 88 valence electrons. The second-order valence-corrected chi connectivity index (χ2v) is 4.94. The molecule has 2 rings (SSSR count). The number of nitrogens with one attached hydrogen (secondary N) is 1. The largest absolute Gasteiger partial charge is 0.497 e. The predicted molar refractivity (Wildman–Crippen MR) is 68.5 cm³/mol. The first-order chi connectivity index (χ1) is 8.11. The summed E-state index contributed by atoms with van der Waals surface area (Å²) < 4.78 is 5.50. The highest BCUT2D eigenvalue weighted by molar-refractivity contribution is 7.73. The second-order valence-electron chi connectivity index (χ2n) is 3.25. The second kappa shape index (κ2) is 4.68. The molecule has 0 atom stereocenters. The molecule has 0 radical (unpaired) electrons. The summed E-state index contributed by atoms with van der Waals surface area (Å²) in [5, 5.41) is 9.05. The average molecular weight is 267 g/mol. The lowest BCUT2D eigenvalue weighted by atomic mass is 10.1. The van der Waals surface area contributed by atoms with E-state index in [0.717, 1.165) is 11.3 Å². The van der Waals surface area contributed by atoms with E-state index in [1.807, 2.05) is 0 Å². The third-order valence-electron chi connectivity index (χ3n) is 2.21. The van der Waals surface area contributed by atoms with Crippen molar-refractivity contribution in [3.63, 3.8) is 0 Å². The summed E-state index contributed by atoms with van der Waals surface area (Å²) >= 11 is 6.21. The molecular weight excluding hydrogens is 258 g/mol. The average Bonchev–Trinajstić information content (AvgIpc) is 2.72. The van der Waals surface area contributed by atoms with Crippen LogP contribution in [0.4, 0.5) is 0 Å². The highest BCUT2D eigenvalue weighted by Gasteiger charge is 2.15. The van der Waals surface area contributed by atoms with Gasteiger partial charge in [0.15, 0.2) is 3.95 Å². The Morgan fingerprint density at radius 1 is 1.41 bits per heavy atom. The number of aromatic amines is 1. The summed E-state index contributed by atoms with van der Waals surface area (Å²) in [6, 6.07) is 7.17. The van der Waals surface area contributed by atoms with E-state index in [9.17, 15) is 4.79 Å². The SMILES string of the molecule is COc1ccc(-c2sc(=S)[nH]c2C(=O)O)cc1. The lowest BCUT2D eigenvalue weighted by Crippen LogP contribution is -1.98. The van der Waals surface area contributed by atoms with Crippen LogP contribution in [0.2, 0.25) is 0 Å². The van der Waals surface area contributed by atoms with E-state index in [1.165, 1.54) is 11.3 Å². The Balaban J connectivity index is 2.51. The van der Waals surface area contributed by atoms with E-state index in [1.54, 1.807) is 31.4 Å². The van der Waals surface area contributed by atoms with Gasteiger partial charge in [0.1, 0.15) is 11.4 Å². The predicted octanol–water partition coefficient (Wildman–Crippen LogP) is 3.18. The van der Waals surface area contributed by atoms with Crippen molar-refractivity contribution < 1.29 is 14.6 Å². The molecule has 1 aromatic heterocycles. The van der Waals surface area contributed by atoms with Gasteiger partial charge in [0.2, 0.25) is 0 Å². The molecule has 1 heterocycles. The van der Waals surface area contributed by atoms with Crippen LogP contribution in [0.3, 0.4) is 0 Å². The fourth-order valence-corrected chi connectivity index (χ4v) is 2.61. The third kappa shape index (κ3) is 2.37. The lowest BCUT2D eigenvalue weighted by molar-refractivity contribution is 0.0692. The topological polar surface area (TPSA) is 62.3 Å². The highest BCUT2D eigenvalue weighted by atomic mass is 32.1. The molecule has 0 amide bonds. The van der Waals surface area contributed by atoms with Crippen molar-refractivity contribution in [2.45, 2.75) is 0 Å². The van der Waals surface area contributed by atoms with Crippen molar-refractivity contribution in [1.29, 1.82) is 0 Å². The third-order valence-corrected chi connectivity index (χ3v) is 3.50. The van der Waals surface area contributed by atoms with E-state index in [4.69, 9.17) is 22.1 Å². The number of aromatic nitrogens is 1. The molecule has 0 aliphatic rings. The number of benzene rings is 1. The van der Waals surface area contributed by atoms with Crippen LogP contribution in [-0.2, 0) is 0 Å². The van der Waals surface area contributed by atoms with Crippen LogP contribution in [-0.4, -0.2) is 23.2 Å². The summed E-state index contributed by atoms with van der Waals surface area (Å²) in [4.78, 5) is 14.3. The number of hydrogen-bond donors (Lipinski definition) is 2. The Labute approximate surface area is 107 Å². The minimum atomic E-state index is -1.01. The fourth-order valence-electron chi connectivity index (χ4n) is 1.42. The number of carbonyl (C=O) groups is 1. The Morgan fingerprint density at radius 3 is 2.59 bits per heavy atom. The van der Waals surface area contributed by atoms with E-state index in [0.29, 0.717) is 8.83 Å². The molecule has 1 aromatic carbocycles. The van der Waals surface area contributed by atoms with Crippen LogP contribution in [0, 0.1) is 3.95 Å². The first kappa shape index (κ1) is 11.8. The van der Waals surface area contributed by atoms with Gasteiger partial charge in [0.05, 0.1) is 12.0 Å². The van der Waals surface area contributed by atoms with Crippen molar-refractivity contribution in [1.82, 2.24) is 4.98 Å². The first-order valence-corrected chi connectivity index (χ1v) is 5.95. The molecule has 0 bridgehead atoms. The molecule has 2 aromatic rings. The normalized spacial score (nSPS) is 10.2. The van der Waals surface area contributed by atoms with Crippen LogP contribution in [0.5, 0.6) is 5.75 Å². The summed E-state index contributed by atoms with van der Waals surface area (Å²) in [5.74, 6) is -0.284. The quantitative estimate of drug-likeness (QED) is 0.838.